The Morgan fingerprint density at radius 2 is 1.84 bits per heavy atom. The van der Waals surface area contributed by atoms with E-state index in [1.54, 1.807) is 0 Å². The molecule has 2 heterocycles. The predicted octanol–water partition coefficient (Wildman–Crippen LogP) is 4.57. The molecule has 6 heteroatoms. The molecule has 1 aliphatic rings. The number of rotatable bonds is 3. The Balaban J connectivity index is 1.70. The van der Waals surface area contributed by atoms with Crippen LogP contribution in [-0.4, -0.2) is 27.2 Å². The lowest BCUT2D eigenvalue weighted by atomic mass is 9.93. The van der Waals surface area contributed by atoms with Crippen molar-refractivity contribution in [1.82, 2.24) is 9.97 Å². The summed E-state index contributed by atoms with van der Waals surface area (Å²) in [5.41, 5.74) is 2.55. The molecule has 3 aromatic rings. The summed E-state index contributed by atoms with van der Waals surface area (Å²) in [4.78, 5) is 8.72. The molecule has 2 aromatic heterocycles. The maximum atomic E-state index is 9.68. The maximum absolute atomic E-state index is 9.68. The summed E-state index contributed by atoms with van der Waals surface area (Å²) in [6.07, 6.45) is 4.88. The molecule has 1 fully saturated rings. The fraction of sp³-hybridized carbons (Fsp3) is 0.368. The van der Waals surface area contributed by atoms with Crippen LogP contribution >= 0.6 is 11.6 Å². The Bertz CT molecular complexity index is 884. The topological polar surface area (TPSA) is 71.2 Å². The van der Waals surface area contributed by atoms with Crippen LogP contribution in [0.4, 0.5) is 5.82 Å². The second-order valence-corrected chi connectivity index (χ2v) is 7.05. The zero-order chi connectivity index (χ0) is 17.4. The molecule has 0 aliphatic heterocycles. The molecular formula is C19H20ClN3O2. The number of nitrogens with one attached hydrogen (secondary N) is 1. The number of halogens is 1. The molecule has 0 amide bonds. The zero-order valence-corrected chi connectivity index (χ0v) is 14.8. The van der Waals surface area contributed by atoms with Crippen molar-refractivity contribution >= 4 is 28.5 Å². The summed E-state index contributed by atoms with van der Waals surface area (Å²) >= 11 is 5.98. The minimum atomic E-state index is -0.171. The van der Waals surface area contributed by atoms with Gasteiger partial charge in [0.1, 0.15) is 17.9 Å². The van der Waals surface area contributed by atoms with Crippen molar-refractivity contribution in [2.75, 3.05) is 5.32 Å². The van der Waals surface area contributed by atoms with Gasteiger partial charge in [-0.25, -0.2) is 9.97 Å². The molecule has 2 N–H and O–H groups in total. The first-order valence-electron chi connectivity index (χ1n) is 8.56. The number of aliphatic hydroxyl groups is 1. The summed E-state index contributed by atoms with van der Waals surface area (Å²) in [6.45, 7) is 2.02. The standard InChI is InChI=1S/C19H20ClN3O2/c1-11-16-18(23-14-6-8-15(24)9-7-14)21-10-22-19(16)25-17(11)12-2-4-13(20)5-3-12/h2-5,10,14-15,24H,6-9H2,1H3,(H,21,22,23)/t14-,15-. The third-order valence-electron chi connectivity index (χ3n) is 4.87. The van der Waals surface area contributed by atoms with Crippen molar-refractivity contribution in [3.05, 3.63) is 41.2 Å². The second-order valence-electron chi connectivity index (χ2n) is 6.62. The molecule has 5 nitrogen and oxygen atoms in total. The first-order chi connectivity index (χ1) is 12.1. The number of aryl methyl sites for hydroxylation is 1. The average Bonchev–Trinajstić information content (AvgIpc) is 2.96. The smallest absolute Gasteiger partial charge is 0.232 e. The second kappa shape index (κ2) is 6.65. The van der Waals surface area contributed by atoms with E-state index in [0.717, 1.165) is 53.8 Å². The number of hydrogen-bond acceptors (Lipinski definition) is 5. The van der Waals surface area contributed by atoms with E-state index in [2.05, 4.69) is 15.3 Å². The highest BCUT2D eigenvalue weighted by Crippen LogP contribution is 2.36. The van der Waals surface area contributed by atoms with E-state index in [0.29, 0.717) is 16.8 Å². The summed E-state index contributed by atoms with van der Waals surface area (Å²) < 4.78 is 6.00. The number of benzene rings is 1. The molecule has 1 saturated carbocycles. The Labute approximate surface area is 151 Å². The van der Waals surface area contributed by atoms with Crippen LogP contribution in [0.15, 0.2) is 35.0 Å². The summed E-state index contributed by atoms with van der Waals surface area (Å²) in [5, 5.41) is 14.8. The van der Waals surface area contributed by atoms with Crippen molar-refractivity contribution in [1.29, 1.82) is 0 Å². The quantitative estimate of drug-likeness (QED) is 0.718. The fourth-order valence-corrected chi connectivity index (χ4v) is 3.60. The van der Waals surface area contributed by atoms with Gasteiger partial charge in [0.2, 0.25) is 5.71 Å². The van der Waals surface area contributed by atoms with Crippen LogP contribution in [-0.2, 0) is 0 Å². The minimum absolute atomic E-state index is 0.171. The highest BCUT2D eigenvalue weighted by Gasteiger charge is 2.22. The van der Waals surface area contributed by atoms with Crippen molar-refractivity contribution in [3.8, 4) is 11.3 Å². The predicted molar refractivity (Wildman–Crippen MR) is 98.9 cm³/mol. The van der Waals surface area contributed by atoms with Gasteiger partial charge in [0.15, 0.2) is 0 Å². The number of anilines is 1. The van der Waals surface area contributed by atoms with E-state index >= 15 is 0 Å². The summed E-state index contributed by atoms with van der Waals surface area (Å²) in [7, 11) is 0. The van der Waals surface area contributed by atoms with E-state index in [4.69, 9.17) is 16.0 Å². The van der Waals surface area contributed by atoms with Gasteiger partial charge in [0, 0.05) is 22.2 Å². The van der Waals surface area contributed by atoms with Gasteiger partial charge in [0.25, 0.3) is 0 Å². The largest absolute Gasteiger partial charge is 0.437 e. The lowest BCUT2D eigenvalue weighted by Crippen LogP contribution is -2.28. The van der Waals surface area contributed by atoms with E-state index in [1.165, 1.54) is 6.33 Å². The number of nitrogens with zero attached hydrogens (tertiary/aromatic N) is 2. The minimum Gasteiger partial charge on any atom is -0.437 e. The molecule has 25 heavy (non-hydrogen) atoms. The molecule has 0 radical (unpaired) electrons. The van der Waals surface area contributed by atoms with Gasteiger partial charge in [-0.05, 0) is 56.9 Å². The lowest BCUT2D eigenvalue weighted by molar-refractivity contribution is 0.126. The zero-order valence-electron chi connectivity index (χ0n) is 14.0. The molecule has 0 bridgehead atoms. The van der Waals surface area contributed by atoms with E-state index in [1.807, 2.05) is 31.2 Å². The van der Waals surface area contributed by atoms with Crippen LogP contribution < -0.4 is 5.32 Å². The SMILES string of the molecule is Cc1c(-c2ccc(Cl)cc2)oc2ncnc(N[C@H]3CC[C@H](O)CC3)c12. The van der Waals surface area contributed by atoms with Gasteiger partial charge in [0.05, 0.1) is 11.5 Å². The van der Waals surface area contributed by atoms with E-state index in [-0.39, 0.29) is 6.10 Å². The Hall–Kier alpha value is -2.11. The summed E-state index contributed by atoms with van der Waals surface area (Å²) in [6, 6.07) is 7.89. The van der Waals surface area contributed by atoms with Crippen LogP contribution in [0.5, 0.6) is 0 Å². The lowest BCUT2D eigenvalue weighted by Gasteiger charge is -2.26. The van der Waals surface area contributed by atoms with Crippen molar-refractivity contribution in [2.45, 2.75) is 44.8 Å². The maximum Gasteiger partial charge on any atom is 0.232 e. The number of hydrogen-bond donors (Lipinski definition) is 2. The Morgan fingerprint density at radius 3 is 2.56 bits per heavy atom. The van der Waals surface area contributed by atoms with Crippen LogP contribution in [0.2, 0.25) is 5.02 Å². The first kappa shape index (κ1) is 16.4. The highest BCUT2D eigenvalue weighted by molar-refractivity contribution is 6.30. The first-order valence-corrected chi connectivity index (χ1v) is 8.94. The molecule has 4 rings (SSSR count). The molecule has 0 saturated heterocycles. The van der Waals surface area contributed by atoms with Gasteiger partial charge in [-0.3, -0.25) is 0 Å². The molecule has 1 aliphatic carbocycles. The highest BCUT2D eigenvalue weighted by atomic mass is 35.5. The molecule has 130 valence electrons. The molecule has 0 unspecified atom stereocenters. The monoisotopic (exact) mass is 357 g/mol. The number of fused-ring (bicyclic) bond motifs is 1. The van der Waals surface area contributed by atoms with E-state index in [9.17, 15) is 5.11 Å². The van der Waals surface area contributed by atoms with Gasteiger partial charge >= 0.3 is 0 Å². The normalized spacial score (nSPS) is 20.8. The molecular weight excluding hydrogens is 338 g/mol. The van der Waals surface area contributed by atoms with Crippen molar-refractivity contribution < 1.29 is 9.52 Å². The third-order valence-corrected chi connectivity index (χ3v) is 5.12. The number of furan rings is 1. The Kier molecular flexibility index (Phi) is 4.36. The average molecular weight is 358 g/mol. The van der Waals surface area contributed by atoms with Gasteiger partial charge in [-0.1, -0.05) is 11.6 Å². The van der Waals surface area contributed by atoms with Crippen molar-refractivity contribution in [3.63, 3.8) is 0 Å². The van der Waals surface area contributed by atoms with Crippen LogP contribution in [0.3, 0.4) is 0 Å². The molecule has 0 spiro atoms. The van der Waals surface area contributed by atoms with Gasteiger partial charge in [-0.2, -0.15) is 0 Å². The Morgan fingerprint density at radius 1 is 1.12 bits per heavy atom. The number of aliphatic hydroxyl groups excluding tert-OH is 1. The van der Waals surface area contributed by atoms with Gasteiger partial charge in [-0.15, -0.1) is 0 Å². The molecule has 0 atom stereocenters. The summed E-state index contributed by atoms with van der Waals surface area (Å²) in [5.74, 6) is 1.59. The fourth-order valence-electron chi connectivity index (χ4n) is 3.47. The van der Waals surface area contributed by atoms with Gasteiger partial charge < -0.3 is 14.8 Å². The van der Waals surface area contributed by atoms with Crippen LogP contribution in [0.25, 0.3) is 22.4 Å². The number of aromatic nitrogens is 2. The van der Waals surface area contributed by atoms with Crippen LogP contribution in [0, 0.1) is 6.92 Å². The van der Waals surface area contributed by atoms with Crippen LogP contribution in [0.1, 0.15) is 31.2 Å². The third kappa shape index (κ3) is 3.22. The molecule has 1 aromatic carbocycles. The van der Waals surface area contributed by atoms with E-state index < -0.39 is 0 Å². The van der Waals surface area contributed by atoms with Crippen molar-refractivity contribution in [2.24, 2.45) is 0 Å².